The molecule has 6 heteroatoms. The number of anilines is 1. The molecule has 0 heterocycles. The maximum Gasteiger partial charge on any atom is 0.319 e. The highest BCUT2D eigenvalue weighted by atomic mass is 35.5. The Kier molecular flexibility index (Phi) is 6.46. The van der Waals surface area contributed by atoms with E-state index in [9.17, 15) is 4.79 Å². The Morgan fingerprint density at radius 2 is 1.92 bits per heavy atom. The number of carbonyl (C=O) groups excluding carboxylic acids is 1. The Labute approximate surface area is 147 Å². The number of nitrogens with zero attached hydrogens (tertiary/aromatic N) is 1. The van der Waals surface area contributed by atoms with Gasteiger partial charge in [0.1, 0.15) is 5.75 Å². The van der Waals surface area contributed by atoms with Crippen LogP contribution in [0.4, 0.5) is 10.5 Å². The Morgan fingerprint density at radius 1 is 1.17 bits per heavy atom. The zero-order chi connectivity index (χ0) is 17.5. The Balaban J connectivity index is 1.95. The van der Waals surface area contributed by atoms with Gasteiger partial charge in [0.25, 0.3) is 0 Å². The fourth-order valence-corrected chi connectivity index (χ4v) is 2.50. The molecule has 0 unspecified atom stereocenters. The molecule has 0 atom stereocenters. The third-order valence-corrected chi connectivity index (χ3v) is 3.59. The van der Waals surface area contributed by atoms with Gasteiger partial charge in [0, 0.05) is 18.1 Å². The Hall–Kier alpha value is -2.24. The molecule has 0 radical (unpaired) electrons. The van der Waals surface area contributed by atoms with E-state index in [2.05, 4.69) is 27.7 Å². The molecule has 2 N–H and O–H groups in total. The highest BCUT2D eigenvalue weighted by Gasteiger charge is 2.08. The molecule has 2 aromatic rings. The number of rotatable bonds is 6. The summed E-state index contributed by atoms with van der Waals surface area (Å²) in [7, 11) is 5.59. The SMILES string of the molecule is COc1ccc(Cl)cc1NC(=O)NCc1cccc(CN(C)C)c1. The molecule has 0 fully saturated rings. The summed E-state index contributed by atoms with van der Waals surface area (Å²) in [6.07, 6.45) is 0. The number of methoxy groups -OCH3 is 1. The molecular formula is C18H22ClN3O2. The van der Waals surface area contributed by atoms with Crippen LogP contribution in [0.25, 0.3) is 0 Å². The van der Waals surface area contributed by atoms with Crippen LogP contribution >= 0.6 is 11.6 Å². The quantitative estimate of drug-likeness (QED) is 0.837. The second-order valence-electron chi connectivity index (χ2n) is 5.71. The standard InChI is InChI=1S/C18H22ClN3O2/c1-22(2)12-14-6-4-5-13(9-14)11-20-18(23)21-16-10-15(19)7-8-17(16)24-3/h4-10H,11-12H2,1-3H3,(H2,20,21,23). The highest BCUT2D eigenvalue weighted by Crippen LogP contribution is 2.27. The smallest absolute Gasteiger partial charge is 0.319 e. The van der Waals surface area contributed by atoms with Gasteiger partial charge in [-0.05, 0) is 43.4 Å². The number of amides is 2. The fraction of sp³-hybridized carbons (Fsp3) is 0.278. The number of nitrogens with one attached hydrogen (secondary N) is 2. The van der Waals surface area contributed by atoms with Crippen molar-refractivity contribution in [3.8, 4) is 5.75 Å². The number of benzene rings is 2. The fourth-order valence-electron chi connectivity index (χ4n) is 2.33. The third-order valence-electron chi connectivity index (χ3n) is 3.35. The molecule has 24 heavy (non-hydrogen) atoms. The van der Waals surface area contributed by atoms with Crippen molar-refractivity contribution in [3.63, 3.8) is 0 Å². The van der Waals surface area contributed by atoms with E-state index < -0.39 is 0 Å². The predicted molar refractivity (Wildman–Crippen MR) is 97.7 cm³/mol. The average Bonchev–Trinajstić information content (AvgIpc) is 2.53. The van der Waals surface area contributed by atoms with E-state index in [0.29, 0.717) is 23.0 Å². The van der Waals surface area contributed by atoms with Crippen molar-refractivity contribution in [1.29, 1.82) is 0 Å². The summed E-state index contributed by atoms with van der Waals surface area (Å²) in [5, 5.41) is 6.12. The molecule has 2 aromatic carbocycles. The Bertz CT molecular complexity index is 704. The third kappa shape index (κ3) is 5.44. The molecule has 0 aliphatic carbocycles. The van der Waals surface area contributed by atoms with Gasteiger partial charge < -0.3 is 20.3 Å². The lowest BCUT2D eigenvalue weighted by molar-refractivity contribution is 0.251. The van der Waals surface area contributed by atoms with Gasteiger partial charge in [0.2, 0.25) is 0 Å². The number of carbonyl (C=O) groups is 1. The van der Waals surface area contributed by atoms with Gasteiger partial charge in [-0.2, -0.15) is 0 Å². The molecule has 128 valence electrons. The van der Waals surface area contributed by atoms with Crippen LogP contribution in [0.1, 0.15) is 11.1 Å². The maximum atomic E-state index is 12.1. The number of hydrogen-bond donors (Lipinski definition) is 2. The van der Waals surface area contributed by atoms with Gasteiger partial charge in [-0.25, -0.2) is 4.79 Å². The summed E-state index contributed by atoms with van der Waals surface area (Å²) in [5.41, 5.74) is 2.78. The summed E-state index contributed by atoms with van der Waals surface area (Å²) in [5.74, 6) is 0.558. The first-order valence-corrected chi connectivity index (χ1v) is 7.96. The van der Waals surface area contributed by atoms with Crippen molar-refractivity contribution < 1.29 is 9.53 Å². The van der Waals surface area contributed by atoms with Crippen LogP contribution in [0, 0.1) is 0 Å². The zero-order valence-electron chi connectivity index (χ0n) is 14.1. The highest BCUT2D eigenvalue weighted by molar-refractivity contribution is 6.31. The maximum absolute atomic E-state index is 12.1. The predicted octanol–water partition coefficient (Wildman–Crippen LogP) is 3.73. The molecule has 0 bridgehead atoms. The molecule has 0 aromatic heterocycles. The molecule has 0 saturated heterocycles. The molecule has 5 nitrogen and oxygen atoms in total. The number of ether oxygens (including phenoxy) is 1. The summed E-state index contributed by atoms with van der Waals surface area (Å²) in [6.45, 7) is 1.30. The van der Waals surface area contributed by atoms with E-state index in [1.54, 1.807) is 25.3 Å². The Morgan fingerprint density at radius 3 is 2.62 bits per heavy atom. The number of urea groups is 1. The topological polar surface area (TPSA) is 53.6 Å². The van der Waals surface area contributed by atoms with Crippen LogP contribution in [0.3, 0.4) is 0 Å². The van der Waals surface area contributed by atoms with Crippen LogP contribution < -0.4 is 15.4 Å². The van der Waals surface area contributed by atoms with Crippen molar-refractivity contribution in [1.82, 2.24) is 10.2 Å². The van der Waals surface area contributed by atoms with E-state index in [1.165, 1.54) is 5.56 Å². The van der Waals surface area contributed by atoms with Gasteiger partial charge in [-0.1, -0.05) is 35.9 Å². The normalized spacial score (nSPS) is 10.5. The summed E-state index contributed by atoms with van der Waals surface area (Å²) >= 11 is 5.96. The van der Waals surface area contributed by atoms with Gasteiger partial charge >= 0.3 is 6.03 Å². The van der Waals surface area contributed by atoms with Crippen LogP contribution in [0.5, 0.6) is 5.75 Å². The lowest BCUT2D eigenvalue weighted by Crippen LogP contribution is -2.28. The number of halogens is 1. The second kappa shape index (κ2) is 8.57. The first-order chi connectivity index (χ1) is 11.5. The van der Waals surface area contributed by atoms with E-state index in [0.717, 1.165) is 12.1 Å². The van der Waals surface area contributed by atoms with Crippen LogP contribution in [-0.4, -0.2) is 32.1 Å². The van der Waals surface area contributed by atoms with Crippen LogP contribution in [0.15, 0.2) is 42.5 Å². The van der Waals surface area contributed by atoms with Crippen molar-refractivity contribution >= 4 is 23.3 Å². The molecule has 0 aliphatic heterocycles. The van der Waals surface area contributed by atoms with E-state index in [1.807, 2.05) is 26.2 Å². The first kappa shape index (κ1) is 18.1. The van der Waals surface area contributed by atoms with Gasteiger partial charge in [0.15, 0.2) is 0 Å². The lowest BCUT2D eigenvalue weighted by atomic mass is 10.1. The monoisotopic (exact) mass is 347 g/mol. The minimum atomic E-state index is -0.312. The minimum Gasteiger partial charge on any atom is -0.495 e. The molecule has 2 rings (SSSR count). The molecule has 0 spiro atoms. The zero-order valence-corrected chi connectivity index (χ0v) is 14.9. The van der Waals surface area contributed by atoms with E-state index >= 15 is 0 Å². The van der Waals surface area contributed by atoms with Gasteiger partial charge in [-0.3, -0.25) is 0 Å². The summed E-state index contributed by atoms with van der Waals surface area (Å²) in [6, 6.07) is 12.9. The molecule has 0 aliphatic rings. The van der Waals surface area contributed by atoms with E-state index in [-0.39, 0.29) is 6.03 Å². The first-order valence-electron chi connectivity index (χ1n) is 7.59. The van der Waals surface area contributed by atoms with Crippen molar-refractivity contribution in [2.24, 2.45) is 0 Å². The summed E-state index contributed by atoms with van der Waals surface area (Å²) < 4.78 is 5.21. The van der Waals surface area contributed by atoms with Gasteiger partial charge in [0.05, 0.1) is 12.8 Å². The molecule has 2 amide bonds. The largest absolute Gasteiger partial charge is 0.495 e. The minimum absolute atomic E-state index is 0.312. The molecular weight excluding hydrogens is 326 g/mol. The van der Waals surface area contributed by atoms with Crippen molar-refractivity contribution in [3.05, 3.63) is 58.6 Å². The average molecular weight is 348 g/mol. The van der Waals surface area contributed by atoms with E-state index in [4.69, 9.17) is 16.3 Å². The van der Waals surface area contributed by atoms with Gasteiger partial charge in [-0.15, -0.1) is 0 Å². The van der Waals surface area contributed by atoms with Crippen LogP contribution in [0.2, 0.25) is 5.02 Å². The second-order valence-corrected chi connectivity index (χ2v) is 6.15. The molecule has 0 saturated carbocycles. The van der Waals surface area contributed by atoms with Crippen LogP contribution in [-0.2, 0) is 13.1 Å². The lowest BCUT2D eigenvalue weighted by Gasteiger charge is -2.13. The summed E-state index contributed by atoms with van der Waals surface area (Å²) in [4.78, 5) is 14.2. The number of hydrogen-bond acceptors (Lipinski definition) is 3. The van der Waals surface area contributed by atoms with Crippen molar-refractivity contribution in [2.75, 3.05) is 26.5 Å². The van der Waals surface area contributed by atoms with Crippen molar-refractivity contribution in [2.45, 2.75) is 13.1 Å².